The fraction of sp³-hybridized carbons (Fsp3) is 0.324. The lowest BCUT2D eigenvalue weighted by Gasteiger charge is -2.07. The molecule has 0 unspecified atom stereocenters. The standard InChI is InChI=1S/C34H36ClFN4O5/c35-26-13-17-29-30(22-26)38-34(37-29)40-33(43)28(16-10-24-8-14-27(36)15-9-24)32(39-40)25-11-6-23(7-12-25)4-3-19-45-21-20-44-18-2-1-5-31(41)42/h6-9,11-15,17,22,39H,1-5,10,16,18-21H2,(H,37,38)(H,41,42). The van der Waals surface area contributed by atoms with Crippen LogP contribution in [-0.4, -0.2) is 57.3 Å². The van der Waals surface area contributed by atoms with Crippen molar-refractivity contribution in [1.29, 1.82) is 0 Å². The molecule has 0 saturated carbocycles. The highest BCUT2D eigenvalue weighted by molar-refractivity contribution is 6.31. The summed E-state index contributed by atoms with van der Waals surface area (Å²) in [7, 11) is 0. The number of H-pyrrole nitrogens is 2. The number of hydrogen-bond acceptors (Lipinski definition) is 5. The average molecular weight is 635 g/mol. The number of hydrogen-bond donors (Lipinski definition) is 3. The lowest BCUT2D eigenvalue weighted by atomic mass is 10.00. The van der Waals surface area contributed by atoms with Gasteiger partial charge in [0.25, 0.3) is 5.56 Å². The summed E-state index contributed by atoms with van der Waals surface area (Å²) >= 11 is 6.15. The van der Waals surface area contributed by atoms with Gasteiger partial charge in [-0.1, -0.05) is 48.0 Å². The minimum atomic E-state index is -0.782. The third-order valence-electron chi connectivity index (χ3n) is 7.50. The number of aromatic nitrogens is 4. The third-order valence-corrected chi connectivity index (χ3v) is 7.74. The van der Waals surface area contributed by atoms with Crippen molar-refractivity contribution in [2.45, 2.75) is 44.9 Å². The van der Waals surface area contributed by atoms with Crippen molar-refractivity contribution < 1.29 is 23.8 Å². The molecule has 2 heterocycles. The van der Waals surface area contributed by atoms with Crippen LogP contribution >= 0.6 is 11.6 Å². The van der Waals surface area contributed by atoms with Crippen LogP contribution in [0.5, 0.6) is 0 Å². The maximum absolute atomic E-state index is 13.7. The number of nitrogens with zero attached hydrogens (tertiary/aromatic N) is 2. The Labute approximate surface area is 265 Å². The minimum absolute atomic E-state index is 0.169. The molecule has 45 heavy (non-hydrogen) atoms. The molecule has 3 aromatic carbocycles. The van der Waals surface area contributed by atoms with Crippen molar-refractivity contribution in [3.05, 3.63) is 105 Å². The molecule has 2 aromatic heterocycles. The van der Waals surface area contributed by atoms with E-state index in [4.69, 9.17) is 26.2 Å². The number of ether oxygens (including phenoxy) is 2. The molecule has 11 heteroatoms. The van der Waals surface area contributed by atoms with Gasteiger partial charge in [0, 0.05) is 30.2 Å². The number of unbranched alkanes of at least 4 members (excludes halogenated alkanes) is 1. The second-order valence-electron chi connectivity index (χ2n) is 10.8. The zero-order chi connectivity index (χ0) is 31.6. The molecule has 0 bridgehead atoms. The van der Waals surface area contributed by atoms with Gasteiger partial charge in [0.1, 0.15) is 5.82 Å². The largest absolute Gasteiger partial charge is 0.481 e. The van der Waals surface area contributed by atoms with E-state index >= 15 is 0 Å². The Balaban J connectivity index is 1.22. The molecule has 236 valence electrons. The van der Waals surface area contributed by atoms with Gasteiger partial charge in [-0.15, -0.1) is 0 Å². The predicted molar refractivity (Wildman–Crippen MR) is 172 cm³/mol. The Morgan fingerprint density at radius 2 is 1.56 bits per heavy atom. The lowest BCUT2D eigenvalue weighted by Crippen LogP contribution is -2.18. The molecule has 0 aliphatic carbocycles. The topological polar surface area (TPSA) is 122 Å². The molecule has 0 radical (unpaired) electrons. The Bertz CT molecular complexity index is 1760. The van der Waals surface area contributed by atoms with Crippen LogP contribution in [0.15, 0.2) is 71.5 Å². The summed E-state index contributed by atoms with van der Waals surface area (Å²) in [5.74, 6) is -0.710. The second kappa shape index (κ2) is 15.7. The maximum Gasteiger partial charge on any atom is 0.303 e. The van der Waals surface area contributed by atoms with Gasteiger partial charge in [0.15, 0.2) is 0 Å². The molecule has 0 aliphatic rings. The number of halogens is 2. The van der Waals surface area contributed by atoms with Crippen molar-refractivity contribution in [2.75, 3.05) is 26.4 Å². The number of rotatable bonds is 17. The monoisotopic (exact) mass is 634 g/mol. The number of nitrogens with one attached hydrogen (secondary N) is 2. The summed E-state index contributed by atoms with van der Waals surface area (Å²) in [6.07, 6.45) is 4.24. The maximum atomic E-state index is 13.7. The Morgan fingerprint density at radius 1 is 0.867 bits per heavy atom. The predicted octanol–water partition coefficient (Wildman–Crippen LogP) is 6.51. The lowest BCUT2D eigenvalue weighted by molar-refractivity contribution is -0.137. The van der Waals surface area contributed by atoms with Gasteiger partial charge in [0.05, 0.1) is 29.9 Å². The quantitative estimate of drug-likeness (QED) is 0.100. The number of benzene rings is 3. The first-order valence-corrected chi connectivity index (χ1v) is 15.5. The SMILES string of the molecule is O=C(O)CCCCOCCOCCCc1ccc(-c2[nH]n(-c3nc4ccc(Cl)cc4[nH]3)c(=O)c2CCc2ccc(F)cc2)cc1. The molecule has 0 amide bonds. The van der Waals surface area contributed by atoms with Gasteiger partial charge in [-0.05, 0) is 85.5 Å². The zero-order valence-corrected chi connectivity index (χ0v) is 25.6. The van der Waals surface area contributed by atoms with Crippen LogP contribution in [0, 0.1) is 5.82 Å². The normalized spacial score (nSPS) is 11.4. The molecular formula is C34H36ClFN4O5. The number of carboxylic acid groups (broad SMARTS) is 1. The summed E-state index contributed by atoms with van der Waals surface area (Å²) < 4.78 is 26.0. The van der Waals surface area contributed by atoms with Crippen molar-refractivity contribution >= 4 is 28.6 Å². The highest BCUT2D eigenvalue weighted by atomic mass is 35.5. The van der Waals surface area contributed by atoms with E-state index in [0.29, 0.717) is 73.4 Å². The number of aliphatic carboxylic acids is 1. The Kier molecular flexibility index (Phi) is 11.2. The van der Waals surface area contributed by atoms with Crippen LogP contribution in [0.1, 0.15) is 42.4 Å². The van der Waals surface area contributed by atoms with Crippen molar-refractivity contribution in [1.82, 2.24) is 19.7 Å². The van der Waals surface area contributed by atoms with E-state index in [1.54, 1.807) is 30.3 Å². The number of fused-ring (bicyclic) bond motifs is 1. The van der Waals surface area contributed by atoms with E-state index < -0.39 is 5.97 Å². The van der Waals surface area contributed by atoms with Crippen LogP contribution in [0.2, 0.25) is 5.02 Å². The van der Waals surface area contributed by atoms with E-state index in [1.165, 1.54) is 16.8 Å². The Morgan fingerprint density at radius 3 is 2.29 bits per heavy atom. The molecule has 5 rings (SSSR count). The van der Waals surface area contributed by atoms with Crippen LogP contribution in [0.25, 0.3) is 28.2 Å². The van der Waals surface area contributed by atoms with Crippen molar-refractivity contribution in [3.63, 3.8) is 0 Å². The smallest absolute Gasteiger partial charge is 0.303 e. The summed E-state index contributed by atoms with van der Waals surface area (Å²) in [6, 6.07) is 19.8. The van der Waals surface area contributed by atoms with Crippen LogP contribution in [0.4, 0.5) is 4.39 Å². The number of carbonyl (C=O) groups is 1. The van der Waals surface area contributed by atoms with E-state index in [2.05, 4.69) is 27.2 Å². The van der Waals surface area contributed by atoms with Crippen LogP contribution in [0.3, 0.4) is 0 Å². The fourth-order valence-corrected chi connectivity index (χ4v) is 5.28. The van der Waals surface area contributed by atoms with Gasteiger partial charge in [0.2, 0.25) is 5.95 Å². The molecule has 0 saturated heterocycles. The Hall–Kier alpha value is -4.25. The highest BCUT2D eigenvalue weighted by Gasteiger charge is 2.19. The van der Waals surface area contributed by atoms with E-state index in [-0.39, 0.29) is 17.8 Å². The van der Waals surface area contributed by atoms with E-state index in [9.17, 15) is 14.0 Å². The fourth-order valence-electron chi connectivity index (χ4n) is 5.11. The molecule has 0 atom stereocenters. The van der Waals surface area contributed by atoms with E-state index in [1.807, 2.05) is 12.1 Å². The first-order chi connectivity index (χ1) is 21.9. The van der Waals surface area contributed by atoms with Crippen LogP contribution < -0.4 is 5.56 Å². The molecule has 0 aliphatic heterocycles. The number of carboxylic acids is 1. The van der Waals surface area contributed by atoms with Gasteiger partial charge in [-0.2, -0.15) is 4.68 Å². The molecule has 3 N–H and O–H groups in total. The van der Waals surface area contributed by atoms with Gasteiger partial charge in [-0.25, -0.2) is 9.37 Å². The molecule has 5 aromatic rings. The zero-order valence-electron chi connectivity index (χ0n) is 24.9. The molecule has 0 spiro atoms. The summed E-state index contributed by atoms with van der Waals surface area (Å²) in [5.41, 5.74) is 5.50. The van der Waals surface area contributed by atoms with Crippen LogP contribution in [-0.2, 0) is 33.5 Å². The van der Waals surface area contributed by atoms with Crippen molar-refractivity contribution in [2.24, 2.45) is 0 Å². The minimum Gasteiger partial charge on any atom is -0.481 e. The first kappa shape index (κ1) is 32.2. The van der Waals surface area contributed by atoms with Gasteiger partial charge in [-0.3, -0.25) is 14.7 Å². The van der Waals surface area contributed by atoms with Gasteiger partial charge >= 0.3 is 5.97 Å². The molecule has 0 fully saturated rings. The summed E-state index contributed by atoms with van der Waals surface area (Å²) in [5, 5.41) is 12.5. The van der Waals surface area contributed by atoms with E-state index in [0.717, 1.165) is 41.5 Å². The van der Waals surface area contributed by atoms with Crippen molar-refractivity contribution in [3.8, 4) is 17.2 Å². The summed E-state index contributed by atoms with van der Waals surface area (Å²) in [6.45, 7) is 2.14. The number of aryl methyl sites for hydroxylation is 2. The number of imidazole rings is 1. The highest BCUT2D eigenvalue weighted by Crippen LogP contribution is 2.24. The van der Waals surface area contributed by atoms with Gasteiger partial charge < -0.3 is 19.6 Å². The average Bonchev–Trinajstić information content (AvgIpc) is 3.59. The summed E-state index contributed by atoms with van der Waals surface area (Å²) in [4.78, 5) is 32.0. The first-order valence-electron chi connectivity index (χ1n) is 15.1. The third kappa shape index (κ3) is 8.91. The molecular weight excluding hydrogens is 599 g/mol. The number of aromatic amines is 2. The molecule has 9 nitrogen and oxygen atoms in total. The second-order valence-corrected chi connectivity index (χ2v) is 11.3.